The van der Waals surface area contributed by atoms with Crippen molar-refractivity contribution in [2.24, 2.45) is 5.84 Å². The standard InChI is InChI=1S/C13H16N4O/c1-18-11-4-2-10(3-5-11)8-12(17-14)13-9-15-6-7-16-13/h2-7,9,12,17H,8,14H2,1H3. The molecule has 0 radical (unpaired) electrons. The first-order valence-electron chi connectivity index (χ1n) is 5.68. The average Bonchev–Trinajstić information content (AvgIpc) is 2.46. The van der Waals surface area contributed by atoms with Gasteiger partial charge in [0.15, 0.2) is 0 Å². The predicted molar refractivity (Wildman–Crippen MR) is 68.8 cm³/mol. The number of nitrogens with two attached hydrogens (primary N) is 1. The van der Waals surface area contributed by atoms with Crippen molar-refractivity contribution in [3.05, 3.63) is 54.1 Å². The quantitative estimate of drug-likeness (QED) is 0.611. The number of methoxy groups -OCH3 is 1. The number of hydrogen-bond acceptors (Lipinski definition) is 5. The van der Waals surface area contributed by atoms with Gasteiger partial charge >= 0.3 is 0 Å². The van der Waals surface area contributed by atoms with Crippen molar-refractivity contribution >= 4 is 0 Å². The molecule has 5 heteroatoms. The number of hydrazine groups is 1. The van der Waals surface area contributed by atoms with Crippen LogP contribution >= 0.6 is 0 Å². The van der Waals surface area contributed by atoms with Gasteiger partial charge in [0.1, 0.15) is 5.75 Å². The molecule has 0 saturated heterocycles. The van der Waals surface area contributed by atoms with Gasteiger partial charge in [0, 0.05) is 12.4 Å². The Morgan fingerprint density at radius 1 is 1.28 bits per heavy atom. The first-order valence-corrected chi connectivity index (χ1v) is 5.68. The fourth-order valence-electron chi connectivity index (χ4n) is 1.74. The summed E-state index contributed by atoms with van der Waals surface area (Å²) in [5, 5.41) is 0. The van der Waals surface area contributed by atoms with Crippen LogP contribution in [0.1, 0.15) is 17.3 Å². The minimum absolute atomic E-state index is 0.0490. The van der Waals surface area contributed by atoms with Gasteiger partial charge in [-0.2, -0.15) is 0 Å². The van der Waals surface area contributed by atoms with Crippen molar-refractivity contribution in [2.75, 3.05) is 7.11 Å². The van der Waals surface area contributed by atoms with Crippen molar-refractivity contribution in [3.8, 4) is 5.75 Å². The first kappa shape index (κ1) is 12.5. The zero-order valence-corrected chi connectivity index (χ0v) is 10.2. The van der Waals surface area contributed by atoms with E-state index in [-0.39, 0.29) is 6.04 Å². The Hall–Kier alpha value is -1.98. The van der Waals surface area contributed by atoms with Crippen molar-refractivity contribution in [1.29, 1.82) is 0 Å². The van der Waals surface area contributed by atoms with E-state index in [4.69, 9.17) is 10.6 Å². The van der Waals surface area contributed by atoms with Gasteiger partial charge in [-0.05, 0) is 24.1 Å². The molecule has 0 amide bonds. The third kappa shape index (κ3) is 3.03. The lowest BCUT2D eigenvalue weighted by atomic mass is 10.0. The molecule has 1 aromatic carbocycles. The highest BCUT2D eigenvalue weighted by Gasteiger charge is 2.11. The second-order valence-corrected chi connectivity index (χ2v) is 3.90. The third-order valence-corrected chi connectivity index (χ3v) is 2.74. The predicted octanol–water partition coefficient (Wildman–Crippen LogP) is 1.23. The summed E-state index contributed by atoms with van der Waals surface area (Å²) in [6, 6.07) is 7.84. The fourth-order valence-corrected chi connectivity index (χ4v) is 1.74. The molecular formula is C13H16N4O. The molecule has 1 aromatic heterocycles. The van der Waals surface area contributed by atoms with Crippen LogP contribution < -0.4 is 16.0 Å². The van der Waals surface area contributed by atoms with Crippen molar-refractivity contribution < 1.29 is 4.74 Å². The van der Waals surface area contributed by atoms with E-state index in [1.54, 1.807) is 25.7 Å². The second-order valence-electron chi connectivity index (χ2n) is 3.90. The van der Waals surface area contributed by atoms with E-state index in [1.807, 2.05) is 24.3 Å². The lowest BCUT2D eigenvalue weighted by Gasteiger charge is -2.15. The molecule has 0 fully saturated rings. The maximum atomic E-state index is 5.57. The van der Waals surface area contributed by atoms with E-state index in [1.165, 1.54) is 0 Å². The Bertz CT molecular complexity index is 472. The van der Waals surface area contributed by atoms with Gasteiger partial charge in [-0.1, -0.05) is 12.1 Å². The van der Waals surface area contributed by atoms with Crippen LogP contribution in [0.5, 0.6) is 5.75 Å². The number of hydrogen-bond donors (Lipinski definition) is 2. The van der Waals surface area contributed by atoms with Crippen LogP contribution in [0.3, 0.4) is 0 Å². The minimum Gasteiger partial charge on any atom is -0.497 e. The summed E-state index contributed by atoms with van der Waals surface area (Å²) >= 11 is 0. The van der Waals surface area contributed by atoms with Gasteiger partial charge in [0.05, 0.1) is 25.0 Å². The van der Waals surface area contributed by atoms with E-state index in [9.17, 15) is 0 Å². The first-order chi connectivity index (χ1) is 8.83. The van der Waals surface area contributed by atoms with Gasteiger partial charge in [-0.25, -0.2) is 0 Å². The highest BCUT2D eigenvalue weighted by molar-refractivity contribution is 5.28. The van der Waals surface area contributed by atoms with Gasteiger partial charge in [-0.15, -0.1) is 0 Å². The van der Waals surface area contributed by atoms with Crippen LogP contribution in [0, 0.1) is 0 Å². The molecule has 1 unspecified atom stereocenters. The molecule has 0 saturated carbocycles. The Morgan fingerprint density at radius 2 is 2.06 bits per heavy atom. The lowest BCUT2D eigenvalue weighted by Crippen LogP contribution is -2.30. The summed E-state index contributed by atoms with van der Waals surface area (Å²) in [7, 11) is 1.65. The summed E-state index contributed by atoms with van der Waals surface area (Å²) in [4.78, 5) is 8.29. The molecule has 1 atom stereocenters. The number of nitrogens with zero attached hydrogens (tertiary/aromatic N) is 2. The average molecular weight is 244 g/mol. The maximum Gasteiger partial charge on any atom is 0.118 e. The number of ether oxygens (including phenoxy) is 1. The second kappa shape index (κ2) is 6.09. The molecule has 0 aliphatic rings. The molecular weight excluding hydrogens is 228 g/mol. The molecule has 94 valence electrons. The van der Waals surface area contributed by atoms with Crippen molar-refractivity contribution in [2.45, 2.75) is 12.5 Å². The van der Waals surface area contributed by atoms with Crippen LogP contribution in [-0.4, -0.2) is 17.1 Å². The monoisotopic (exact) mass is 244 g/mol. The van der Waals surface area contributed by atoms with Gasteiger partial charge in [0.2, 0.25) is 0 Å². The maximum absolute atomic E-state index is 5.57. The summed E-state index contributed by atoms with van der Waals surface area (Å²) in [5.74, 6) is 6.41. The zero-order valence-electron chi connectivity index (χ0n) is 10.2. The molecule has 18 heavy (non-hydrogen) atoms. The fraction of sp³-hybridized carbons (Fsp3) is 0.231. The van der Waals surface area contributed by atoms with Crippen LogP contribution in [0.25, 0.3) is 0 Å². The summed E-state index contributed by atoms with van der Waals surface area (Å²) in [6.07, 6.45) is 5.77. The topological polar surface area (TPSA) is 73.1 Å². The number of benzene rings is 1. The van der Waals surface area contributed by atoms with Crippen LogP contribution in [0.4, 0.5) is 0 Å². The van der Waals surface area contributed by atoms with E-state index >= 15 is 0 Å². The Labute approximate surface area is 106 Å². The molecule has 1 heterocycles. The molecule has 3 N–H and O–H groups in total. The Balaban J connectivity index is 2.10. The molecule has 2 rings (SSSR count). The van der Waals surface area contributed by atoms with Crippen molar-refractivity contribution in [1.82, 2.24) is 15.4 Å². The molecule has 0 bridgehead atoms. The third-order valence-electron chi connectivity index (χ3n) is 2.74. The largest absolute Gasteiger partial charge is 0.497 e. The SMILES string of the molecule is COc1ccc(CC(NN)c2cnccn2)cc1. The van der Waals surface area contributed by atoms with E-state index in [0.29, 0.717) is 0 Å². The molecule has 2 aromatic rings. The van der Waals surface area contributed by atoms with E-state index in [2.05, 4.69) is 15.4 Å². The lowest BCUT2D eigenvalue weighted by molar-refractivity contribution is 0.414. The van der Waals surface area contributed by atoms with Gasteiger partial charge in [0.25, 0.3) is 0 Å². The number of aromatic nitrogens is 2. The van der Waals surface area contributed by atoms with Crippen LogP contribution in [0.2, 0.25) is 0 Å². The molecule has 0 aliphatic heterocycles. The van der Waals surface area contributed by atoms with Gasteiger partial charge in [-0.3, -0.25) is 21.2 Å². The highest BCUT2D eigenvalue weighted by atomic mass is 16.5. The van der Waals surface area contributed by atoms with E-state index < -0.39 is 0 Å². The van der Waals surface area contributed by atoms with Crippen LogP contribution in [0.15, 0.2) is 42.9 Å². The van der Waals surface area contributed by atoms with E-state index in [0.717, 1.165) is 23.4 Å². The Kier molecular flexibility index (Phi) is 4.22. The number of rotatable bonds is 5. The normalized spacial score (nSPS) is 12.1. The molecule has 0 aliphatic carbocycles. The number of nitrogens with one attached hydrogen (secondary N) is 1. The van der Waals surface area contributed by atoms with Gasteiger partial charge < -0.3 is 4.74 Å². The Morgan fingerprint density at radius 3 is 2.61 bits per heavy atom. The summed E-state index contributed by atoms with van der Waals surface area (Å²) in [5.41, 5.74) is 4.75. The van der Waals surface area contributed by atoms with Crippen LogP contribution in [-0.2, 0) is 6.42 Å². The van der Waals surface area contributed by atoms with Crippen molar-refractivity contribution in [3.63, 3.8) is 0 Å². The summed E-state index contributed by atoms with van der Waals surface area (Å²) < 4.78 is 5.12. The molecule has 0 spiro atoms. The smallest absolute Gasteiger partial charge is 0.118 e. The molecule has 5 nitrogen and oxygen atoms in total. The summed E-state index contributed by atoms with van der Waals surface area (Å²) in [6.45, 7) is 0. The zero-order chi connectivity index (χ0) is 12.8. The highest BCUT2D eigenvalue weighted by Crippen LogP contribution is 2.17. The minimum atomic E-state index is -0.0490.